The van der Waals surface area contributed by atoms with Crippen LogP contribution >= 0.6 is 11.8 Å². The predicted molar refractivity (Wildman–Crippen MR) is 72.0 cm³/mol. The van der Waals surface area contributed by atoms with Gasteiger partial charge in [0.2, 0.25) is 11.9 Å². The van der Waals surface area contributed by atoms with Crippen LogP contribution in [-0.2, 0) is 0 Å². The predicted octanol–water partition coefficient (Wildman–Crippen LogP) is 1.48. The van der Waals surface area contributed by atoms with Gasteiger partial charge in [-0.1, -0.05) is 6.92 Å². The first-order chi connectivity index (χ1) is 8.30. The van der Waals surface area contributed by atoms with Crippen molar-refractivity contribution in [3.63, 3.8) is 0 Å². The standard InChI is InChI=1S/C10H19N5OS/c1-4-5-11-8-13-9(12-6-7-17-3)15-10(14-8)16-2/h4-7H2,1-3H3,(H2,11,12,13,14,15). The van der Waals surface area contributed by atoms with E-state index in [1.807, 2.05) is 0 Å². The Morgan fingerprint density at radius 3 is 2.29 bits per heavy atom. The third-order valence-electron chi connectivity index (χ3n) is 1.92. The van der Waals surface area contributed by atoms with Gasteiger partial charge in [0.05, 0.1) is 7.11 Å². The molecule has 1 rings (SSSR count). The minimum Gasteiger partial charge on any atom is -0.467 e. The molecule has 0 spiro atoms. The molecule has 0 saturated heterocycles. The van der Waals surface area contributed by atoms with Crippen molar-refractivity contribution in [3.05, 3.63) is 0 Å². The van der Waals surface area contributed by atoms with E-state index in [2.05, 4.69) is 38.8 Å². The van der Waals surface area contributed by atoms with E-state index in [9.17, 15) is 0 Å². The molecule has 17 heavy (non-hydrogen) atoms. The molecule has 6 nitrogen and oxygen atoms in total. The number of rotatable bonds is 8. The van der Waals surface area contributed by atoms with Crippen molar-refractivity contribution >= 4 is 23.7 Å². The summed E-state index contributed by atoms with van der Waals surface area (Å²) >= 11 is 1.77. The van der Waals surface area contributed by atoms with Crippen LogP contribution in [0.2, 0.25) is 0 Å². The number of nitrogens with zero attached hydrogens (tertiary/aromatic N) is 3. The molecule has 0 aromatic carbocycles. The Labute approximate surface area is 106 Å². The van der Waals surface area contributed by atoms with E-state index in [-0.39, 0.29) is 0 Å². The van der Waals surface area contributed by atoms with E-state index >= 15 is 0 Å². The summed E-state index contributed by atoms with van der Waals surface area (Å²) in [6.45, 7) is 3.74. The molecule has 0 amide bonds. The molecule has 0 atom stereocenters. The van der Waals surface area contributed by atoms with Gasteiger partial charge in [0.1, 0.15) is 0 Å². The molecule has 0 unspecified atom stereocenters. The highest BCUT2D eigenvalue weighted by Gasteiger charge is 2.05. The van der Waals surface area contributed by atoms with Crippen LogP contribution in [0.4, 0.5) is 11.9 Å². The maximum absolute atomic E-state index is 5.03. The lowest BCUT2D eigenvalue weighted by Crippen LogP contribution is -2.12. The van der Waals surface area contributed by atoms with Gasteiger partial charge in [-0.15, -0.1) is 0 Å². The maximum atomic E-state index is 5.03. The Kier molecular flexibility index (Phi) is 6.46. The van der Waals surface area contributed by atoms with E-state index in [0.717, 1.165) is 25.3 Å². The van der Waals surface area contributed by atoms with Crippen LogP contribution in [0.15, 0.2) is 0 Å². The van der Waals surface area contributed by atoms with Crippen molar-refractivity contribution in [3.8, 4) is 6.01 Å². The Morgan fingerprint density at radius 1 is 1.12 bits per heavy atom. The summed E-state index contributed by atoms with van der Waals surface area (Å²) in [5, 5.41) is 6.25. The molecule has 1 aromatic rings. The van der Waals surface area contributed by atoms with Crippen molar-refractivity contribution in [2.45, 2.75) is 13.3 Å². The Bertz CT molecular complexity index is 336. The summed E-state index contributed by atoms with van der Waals surface area (Å²) in [4.78, 5) is 12.5. The third kappa shape index (κ3) is 5.08. The maximum Gasteiger partial charge on any atom is 0.322 e. The third-order valence-corrected chi connectivity index (χ3v) is 2.53. The lowest BCUT2D eigenvalue weighted by molar-refractivity contribution is 0.379. The van der Waals surface area contributed by atoms with E-state index in [4.69, 9.17) is 4.74 Å². The van der Waals surface area contributed by atoms with Crippen molar-refractivity contribution < 1.29 is 4.74 Å². The minimum atomic E-state index is 0.324. The lowest BCUT2D eigenvalue weighted by atomic mass is 10.5. The van der Waals surface area contributed by atoms with Crippen LogP contribution in [0.1, 0.15) is 13.3 Å². The summed E-state index contributed by atoms with van der Waals surface area (Å²) in [5.74, 6) is 2.10. The number of aromatic nitrogens is 3. The largest absolute Gasteiger partial charge is 0.467 e. The number of ether oxygens (including phenoxy) is 1. The molecule has 96 valence electrons. The first kappa shape index (κ1) is 13.8. The molecule has 0 bridgehead atoms. The average Bonchev–Trinajstić information content (AvgIpc) is 2.36. The normalized spacial score (nSPS) is 10.1. The zero-order valence-corrected chi connectivity index (χ0v) is 11.3. The van der Waals surface area contributed by atoms with E-state index in [1.165, 1.54) is 0 Å². The van der Waals surface area contributed by atoms with E-state index in [1.54, 1.807) is 18.9 Å². The molecule has 0 fully saturated rings. The van der Waals surface area contributed by atoms with Gasteiger partial charge in [0, 0.05) is 18.8 Å². The molecular formula is C10H19N5OS. The molecule has 2 N–H and O–H groups in total. The monoisotopic (exact) mass is 257 g/mol. The van der Waals surface area contributed by atoms with Crippen LogP contribution < -0.4 is 15.4 Å². The fraction of sp³-hybridized carbons (Fsp3) is 0.700. The molecule has 0 radical (unpaired) electrons. The van der Waals surface area contributed by atoms with Gasteiger partial charge >= 0.3 is 6.01 Å². The van der Waals surface area contributed by atoms with Crippen LogP contribution in [0.5, 0.6) is 6.01 Å². The molecule has 0 saturated carbocycles. The number of anilines is 2. The van der Waals surface area contributed by atoms with Gasteiger partial charge in [0.25, 0.3) is 0 Å². The first-order valence-corrected chi connectivity index (χ1v) is 6.96. The van der Waals surface area contributed by atoms with Gasteiger partial charge < -0.3 is 15.4 Å². The minimum absolute atomic E-state index is 0.324. The SMILES string of the molecule is CCCNc1nc(NCCSC)nc(OC)n1. The summed E-state index contributed by atoms with van der Waals surface area (Å²) in [5.41, 5.74) is 0. The van der Waals surface area contributed by atoms with Gasteiger partial charge in [-0.3, -0.25) is 0 Å². The van der Waals surface area contributed by atoms with Crippen LogP contribution in [0, 0.1) is 0 Å². The Hall–Kier alpha value is -1.24. The molecule has 1 aromatic heterocycles. The second-order valence-corrected chi connectivity index (χ2v) is 4.30. The number of thioether (sulfide) groups is 1. The summed E-state index contributed by atoms with van der Waals surface area (Å²) in [6.07, 6.45) is 3.08. The smallest absolute Gasteiger partial charge is 0.322 e. The molecule has 0 aliphatic heterocycles. The zero-order valence-electron chi connectivity index (χ0n) is 10.5. The molecule has 0 aliphatic rings. The van der Waals surface area contributed by atoms with Crippen molar-refractivity contribution in [2.24, 2.45) is 0 Å². The molecule has 0 aliphatic carbocycles. The fourth-order valence-corrected chi connectivity index (χ4v) is 1.41. The van der Waals surface area contributed by atoms with E-state index < -0.39 is 0 Å². The van der Waals surface area contributed by atoms with Gasteiger partial charge in [-0.05, 0) is 12.7 Å². The fourth-order valence-electron chi connectivity index (χ4n) is 1.11. The molecular weight excluding hydrogens is 238 g/mol. The topological polar surface area (TPSA) is 72.0 Å². The van der Waals surface area contributed by atoms with Crippen LogP contribution in [-0.4, -0.2) is 47.2 Å². The van der Waals surface area contributed by atoms with Crippen LogP contribution in [0.3, 0.4) is 0 Å². The van der Waals surface area contributed by atoms with Crippen molar-refractivity contribution in [1.82, 2.24) is 15.0 Å². The second kappa shape index (κ2) is 7.94. The highest BCUT2D eigenvalue weighted by atomic mass is 32.2. The molecule has 1 heterocycles. The van der Waals surface area contributed by atoms with Gasteiger partial charge in [-0.25, -0.2) is 0 Å². The summed E-state index contributed by atoms with van der Waals surface area (Å²) in [6, 6.07) is 0.324. The number of hydrogen-bond acceptors (Lipinski definition) is 7. The molecule has 7 heteroatoms. The van der Waals surface area contributed by atoms with Crippen LogP contribution in [0.25, 0.3) is 0 Å². The summed E-state index contributed by atoms with van der Waals surface area (Å²) in [7, 11) is 1.55. The average molecular weight is 257 g/mol. The zero-order chi connectivity index (χ0) is 12.5. The summed E-state index contributed by atoms with van der Waals surface area (Å²) < 4.78 is 5.03. The van der Waals surface area contributed by atoms with E-state index in [0.29, 0.717) is 17.9 Å². The highest BCUT2D eigenvalue weighted by molar-refractivity contribution is 7.98. The lowest BCUT2D eigenvalue weighted by Gasteiger charge is -2.08. The second-order valence-electron chi connectivity index (χ2n) is 3.32. The Balaban J connectivity index is 2.67. The Morgan fingerprint density at radius 2 is 1.76 bits per heavy atom. The number of nitrogens with one attached hydrogen (secondary N) is 2. The van der Waals surface area contributed by atoms with Crippen molar-refractivity contribution in [1.29, 1.82) is 0 Å². The van der Waals surface area contributed by atoms with Gasteiger partial charge in [0.15, 0.2) is 0 Å². The van der Waals surface area contributed by atoms with Gasteiger partial charge in [-0.2, -0.15) is 26.7 Å². The number of hydrogen-bond donors (Lipinski definition) is 2. The number of methoxy groups -OCH3 is 1. The first-order valence-electron chi connectivity index (χ1n) is 5.57. The quantitative estimate of drug-likeness (QED) is 0.683. The van der Waals surface area contributed by atoms with Crippen molar-refractivity contribution in [2.75, 3.05) is 42.8 Å². The highest BCUT2D eigenvalue weighted by Crippen LogP contribution is 2.10.